The number of aromatic nitrogens is 9. The molecule has 18 heteroatoms. The van der Waals surface area contributed by atoms with Crippen molar-refractivity contribution in [2.75, 3.05) is 0 Å². The van der Waals surface area contributed by atoms with Gasteiger partial charge in [-0.2, -0.15) is 15.3 Å². The Morgan fingerprint density at radius 3 is 1.26 bits per heavy atom. The highest BCUT2D eigenvalue weighted by Gasteiger charge is 2.14. The number of benzene rings is 3. The molecule has 0 aliphatic rings. The van der Waals surface area contributed by atoms with E-state index >= 15 is 0 Å². The van der Waals surface area contributed by atoms with Crippen molar-refractivity contribution in [3.63, 3.8) is 0 Å². The van der Waals surface area contributed by atoms with Gasteiger partial charge < -0.3 is 15.3 Å². The van der Waals surface area contributed by atoms with Gasteiger partial charge in [-0.05, 0) is 78.9 Å². The van der Waals surface area contributed by atoms with Gasteiger partial charge in [-0.15, -0.1) is 0 Å². The molecule has 9 aromatic rings. The molecular weight excluding hydrogens is 756 g/mol. The van der Waals surface area contributed by atoms with Gasteiger partial charge in [-0.25, -0.2) is 54.8 Å². The number of fused-ring (bicyclic) bond motifs is 3. The minimum Gasteiger partial charge on any atom is -0.390 e. The average molecular weight is 784 g/mol. The molecule has 6 heterocycles. The molecule has 0 saturated heterocycles. The van der Waals surface area contributed by atoms with Crippen LogP contribution in [0.2, 0.25) is 0 Å². The SMILES string of the molecule is OCc1cnc2ccc(-c3cc(F)c(F)c(F)c3)nn12.OCc1cnc2ccc(-c3ccc(F)c(F)c3)nn12.OCc1cnc2ccc(-c3cccc(F)c3)nn12. The van der Waals surface area contributed by atoms with Gasteiger partial charge in [0.25, 0.3) is 0 Å². The van der Waals surface area contributed by atoms with Gasteiger partial charge in [-0.3, -0.25) is 0 Å². The van der Waals surface area contributed by atoms with Crippen molar-refractivity contribution in [1.82, 2.24) is 43.8 Å². The van der Waals surface area contributed by atoms with E-state index in [9.17, 15) is 26.3 Å². The molecule has 0 spiro atoms. The Morgan fingerprint density at radius 1 is 0.421 bits per heavy atom. The summed E-state index contributed by atoms with van der Waals surface area (Å²) in [5.41, 5.74) is 5.87. The number of halogens is 6. The summed E-state index contributed by atoms with van der Waals surface area (Å²) in [4.78, 5) is 12.2. The molecule has 0 radical (unpaired) electrons. The van der Waals surface area contributed by atoms with E-state index in [1.807, 2.05) is 0 Å². The summed E-state index contributed by atoms with van der Waals surface area (Å²) in [6.07, 6.45) is 4.52. The fourth-order valence-corrected chi connectivity index (χ4v) is 5.55. The Bertz CT molecular complexity index is 2860. The van der Waals surface area contributed by atoms with Crippen molar-refractivity contribution in [3.8, 4) is 33.8 Å². The largest absolute Gasteiger partial charge is 0.390 e. The molecule has 57 heavy (non-hydrogen) atoms. The molecule has 0 amide bonds. The summed E-state index contributed by atoms with van der Waals surface area (Å²) >= 11 is 0. The topological polar surface area (TPSA) is 151 Å². The molecule has 3 N–H and O–H groups in total. The highest BCUT2D eigenvalue weighted by Crippen LogP contribution is 2.24. The lowest BCUT2D eigenvalue weighted by Gasteiger charge is -2.04. The van der Waals surface area contributed by atoms with Crippen molar-refractivity contribution < 1.29 is 41.7 Å². The molecule has 288 valence electrons. The van der Waals surface area contributed by atoms with Crippen molar-refractivity contribution >= 4 is 16.9 Å². The second-order valence-electron chi connectivity index (χ2n) is 12.1. The maximum absolute atomic E-state index is 13.2. The monoisotopic (exact) mass is 783 g/mol. The quantitative estimate of drug-likeness (QED) is 0.127. The number of rotatable bonds is 6. The summed E-state index contributed by atoms with van der Waals surface area (Å²) in [7, 11) is 0. The smallest absolute Gasteiger partial charge is 0.194 e. The first-order valence-corrected chi connectivity index (χ1v) is 16.8. The normalized spacial score (nSPS) is 11.1. The Morgan fingerprint density at radius 2 is 0.842 bits per heavy atom. The van der Waals surface area contributed by atoms with Crippen LogP contribution in [-0.4, -0.2) is 59.1 Å². The Hall–Kier alpha value is -7.02. The van der Waals surface area contributed by atoms with Gasteiger partial charge in [0.05, 0.1) is 72.6 Å². The van der Waals surface area contributed by atoms with E-state index < -0.39 is 29.1 Å². The molecular formula is C39H27F6N9O3. The number of hydrogen-bond donors (Lipinski definition) is 3. The Labute approximate surface area is 317 Å². The van der Waals surface area contributed by atoms with Crippen LogP contribution >= 0.6 is 0 Å². The van der Waals surface area contributed by atoms with Gasteiger partial charge in [0.2, 0.25) is 0 Å². The van der Waals surface area contributed by atoms with Gasteiger partial charge in [0.1, 0.15) is 5.82 Å². The van der Waals surface area contributed by atoms with Crippen LogP contribution in [0.4, 0.5) is 26.3 Å². The second-order valence-corrected chi connectivity index (χ2v) is 12.1. The number of aliphatic hydroxyl groups excluding tert-OH is 3. The molecule has 12 nitrogen and oxygen atoms in total. The van der Waals surface area contributed by atoms with Crippen LogP contribution < -0.4 is 0 Å². The van der Waals surface area contributed by atoms with E-state index in [0.717, 1.165) is 24.3 Å². The van der Waals surface area contributed by atoms with Crippen LogP contribution in [0.15, 0.2) is 110 Å². The van der Waals surface area contributed by atoms with Gasteiger partial charge in [0, 0.05) is 16.7 Å². The first-order chi connectivity index (χ1) is 27.6. The van der Waals surface area contributed by atoms with Crippen molar-refractivity contribution in [2.45, 2.75) is 19.8 Å². The molecule has 0 fully saturated rings. The molecule has 0 saturated carbocycles. The van der Waals surface area contributed by atoms with E-state index in [-0.39, 0.29) is 36.9 Å². The van der Waals surface area contributed by atoms with Crippen LogP contribution in [0.3, 0.4) is 0 Å². The third-order valence-electron chi connectivity index (χ3n) is 8.40. The zero-order valence-electron chi connectivity index (χ0n) is 29.1. The molecule has 0 aliphatic heterocycles. The standard InChI is InChI=1S/C13H8F3N3O.C13H9F2N3O.C13H10FN3O/c14-9-3-7(4-10(15)13(9)16)11-1-2-12-17-5-8(6-20)19(12)18-11;14-10-2-1-8(5-11(10)15)12-3-4-13-16-6-9(7-19)18(13)17-12;14-10-3-1-2-9(6-10)12-4-5-13-15-7-11(8-18)17(13)16-12/h1-5,20H,6H2;1-6,19H,7H2;1-7,18H,8H2. The number of hydrogen-bond acceptors (Lipinski definition) is 9. The highest BCUT2D eigenvalue weighted by molar-refractivity contribution is 5.62. The first-order valence-electron chi connectivity index (χ1n) is 16.8. The summed E-state index contributed by atoms with van der Waals surface area (Å²) in [5.74, 6) is -6.21. The van der Waals surface area contributed by atoms with Gasteiger partial charge >= 0.3 is 0 Å². The van der Waals surface area contributed by atoms with Crippen LogP contribution in [0.25, 0.3) is 50.7 Å². The number of aliphatic hydroxyl groups is 3. The third-order valence-corrected chi connectivity index (χ3v) is 8.40. The zero-order chi connectivity index (χ0) is 40.2. The van der Waals surface area contributed by atoms with Crippen LogP contribution in [0, 0.1) is 34.9 Å². The van der Waals surface area contributed by atoms with Gasteiger partial charge in [-0.1, -0.05) is 12.1 Å². The molecule has 0 aliphatic carbocycles. The zero-order valence-corrected chi connectivity index (χ0v) is 29.1. The predicted molar refractivity (Wildman–Crippen MR) is 193 cm³/mol. The number of nitrogens with zero attached hydrogens (tertiary/aromatic N) is 9. The van der Waals surface area contributed by atoms with Crippen LogP contribution in [0.1, 0.15) is 17.1 Å². The molecule has 3 aromatic carbocycles. The summed E-state index contributed by atoms with van der Waals surface area (Å²) in [6, 6.07) is 21.6. The van der Waals surface area contributed by atoms with Crippen LogP contribution in [-0.2, 0) is 19.8 Å². The second kappa shape index (κ2) is 16.4. The fraction of sp³-hybridized carbons (Fsp3) is 0.0769. The lowest BCUT2D eigenvalue weighted by Crippen LogP contribution is -2.00. The van der Waals surface area contributed by atoms with E-state index in [2.05, 4.69) is 30.2 Å². The minimum atomic E-state index is -1.52. The van der Waals surface area contributed by atoms with Crippen molar-refractivity contribution in [1.29, 1.82) is 0 Å². The molecule has 0 bridgehead atoms. The van der Waals surface area contributed by atoms with E-state index in [4.69, 9.17) is 15.3 Å². The molecule has 0 unspecified atom stereocenters. The third kappa shape index (κ3) is 8.04. The van der Waals surface area contributed by atoms with Crippen molar-refractivity contribution in [2.24, 2.45) is 0 Å². The Balaban J connectivity index is 0.000000131. The fourth-order valence-electron chi connectivity index (χ4n) is 5.55. The Kier molecular flexibility index (Phi) is 11.0. The summed E-state index contributed by atoms with van der Waals surface area (Å²) < 4.78 is 83.0. The summed E-state index contributed by atoms with van der Waals surface area (Å²) in [5, 5.41) is 40.2. The lowest BCUT2D eigenvalue weighted by molar-refractivity contribution is 0.274. The lowest BCUT2D eigenvalue weighted by atomic mass is 10.1. The average Bonchev–Trinajstić information content (AvgIpc) is 3.97. The maximum atomic E-state index is 13.2. The molecule has 9 rings (SSSR count). The van der Waals surface area contributed by atoms with Crippen molar-refractivity contribution in [3.05, 3.63) is 162 Å². The predicted octanol–water partition coefficient (Wildman–Crippen LogP) is 6.50. The number of imidazole rings is 3. The maximum Gasteiger partial charge on any atom is 0.194 e. The van der Waals surface area contributed by atoms with E-state index in [1.54, 1.807) is 53.2 Å². The van der Waals surface area contributed by atoms with E-state index in [1.165, 1.54) is 45.7 Å². The minimum absolute atomic E-state index is 0.0980. The summed E-state index contributed by atoms with van der Waals surface area (Å²) in [6.45, 7) is -0.611. The molecule has 6 aromatic heterocycles. The molecule has 0 atom stereocenters. The van der Waals surface area contributed by atoms with Gasteiger partial charge in [0.15, 0.2) is 46.0 Å². The van der Waals surface area contributed by atoms with Crippen LogP contribution in [0.5, 0.6) is 0 Å². The highest BCUT2D eigenvalue weighted by atomic mass is 19.2. The van der Waals surface area contributed by atoms with E-state index in [0.29, 0.717) is 56.5 Å². The first kappa shape index (κ1) is 38.3.